The predicted molar refractivity (Wildman–Crippen MR) is 97.8 cm³/mol. The van der Waals surface area contributed by atoms with Gasteiger partial charge in [-0.25, -0.2) is 4.79 Å². The molecule has 2 fully saturated rings. The van der Waals surface area contributed by atoms with Gasteiger partial charge in [-0.05, 0) is 63.6 Å². The van der Waals surface area contributed by atoms with E-state index in [0.717, 1.165) is 36.0 Å². The van der Waals surface area contributed by atoms with Crippen molar-refractivity contribution in [2.45, 2.75) is 57.7 Å². The van der Waals surface area contributed by atoms with Gasteiger partial charge >= 0.3 is 6.03 Å². The molecule has 6 nitrogen and oxygen atoms in total. The van der Waals surface area contributed by atoms with E-state index in [1.54, 1.807) is 0 Å². The normalized spacial score (nSPS) is 23.8. The van der Waals surface area contributed by atoms with Crippen molar-refractivity contribution in [3.05, 3.63) is 24.4 Å². The number of carbonyl (C=O) groups is 1. The van der Waals surface area contributed by atoms with Crippen LogP contribution >= 0.6 is 0 Å². The number of rotatable bonds is 4. The van der Waals surface area contributed by atoms with Crippen molar-refractivity contribution in [2.75, 3.05) is 11.9 Å². The molecule has 1 aliphatic carbocycles. The molecular weight excluding hydrogens is 316 g/mol. The third-order valence-electron chi connectivity index (χ3n) is 5.11. The third-order valence-corrected chi connectivity index (χ3v) is 5.11. The SMILES string of the molecule is CC(C)n1cc2cc(NC(=O)N[C@@H]3CCO[C@H](C4CC4)C3)ccc2n1. The molecule has 0 spiro atoms. The summed E-state index contributed by atoms with van der Waals surface area (Å²) < 4.78 is 7.76. The summed E-state index contributed by atoms with van der Waals surface area (Å²) in [5.74, 6) is 0.715. The monoisotopic (exact) mass is 342 g/mol. The van der Waals surface area contributed by atoms with E-state index in [4.69, 9.17) is 4.74 Å². The number of carbonyl (C=O) groups excluding carboxylic acids is 1. The number of nitrogens with one attached hydrogen (secondary N) is 2. The van der Waals surface area contributed by atoms with Crippen molar-refractivity contribution in [1.82, 2.24) is 15.1 Å². The lowest BCUT2D eigenvalue weighted by Gasteiger charge is -2.30. The van der Waals surface area contributed by atoms with E-state index in [1.165, 1.54) is 12.8 Å². The van der Waals surface area contributed by atoms with Crippen LogP contribution in [0.2, 0.25) is 0 Å². The molecule has 2 N–H and O–H groups in total. The van der Waals surface area contributed by atoms with Gasteiger partial charge in [-0.2, -0.15) is 5.10 Å². The quantitative estimate of drug-likeness (QED) is 0.890. The molecule has 0 radical (unpaired) electrons. The Kier molecular flexibility index (Phi) is 4.37. The molecule has 2 aliphatic rings. The molecule has 1 saturated carbocycles. The van der Waals surface area contributed by atoms with Crippen molar-refractivity contribution >= 4 is 22.6 Å². The first-order valence-electron chi connectivity index (χ1n) is 9.26. The highest BCUT2D eigenvalue weighted by atomic mass is 16.5. The maximum absolute atomic E-state index is 12.3. The molecule has 0 unspecified atom stereocenters. The number of amides is 2. The number of hydrogen-bond donors (Lipinski definition) is 2. The summed E-state index contributed by atoms with van der Waals surface area (Å²) >= 11 is 0. The summed E-state index contributed by atoms with van der Waals surface area (Å²) in [5.41, 5.74) is 1.73. The van der Waals surface area contributed by atoms with Crippen LogP contribution in [0.4, 0.5) is 10.5 Å². The molecule has 1 aromatic heterocycles. The number of ether oxygens (including phenoxy) is 1. The van der Waals surface area contributed by atoms with Gasteiger partial charge in [0.2, 0.25) is 0 Å². The summed E-state index contributed by atoms with van der Waals surface area (Å²) in [5, 5.41) is 11.6. The number of hydrogen-bond acceptors (Lipinski definition) is 3. The van der Waals surface area contributed by atoms with Crippen LogP contribution < -0.4 is 10.6 Å². The van der Waals surface area contributed by atoms with Crippen LogP contribution in [0.1, 0.15) is 45.6 Å². The largest absolute Gasteiger partial charge is 0.378 e. The average Bonchev–Trinajstić information content (AvgIpc) is 3.34. The zero-order chi connectivity index (χ0) is 17.4. The van der Waals surface area contributed by atoms with Crippen molar-refractivity contribution in [2.24, 2.45) is 5.92 Å². The van der Waals surface area contributed by atoms with E-state index in [-0.39, 0.29) is 12.1 Å². The van der Waals surface area contributed by atoms with E-state index in [9.17, 15) is 4.79 Å². The van der Waals surface area contributed by atoms with Gasteiger partial charge in [0.1, 0.15) is 0 Å². The van der Waals surface area contributed by atoms with Crippen molar-refractivity contribution in [1.29, 1.82) is 0 Å². The van der Waals surface area contributed by atoms with E-state index < -0.39 is 0 Å². The second-order valence-corrected chi connectivity index (χ2v) is 7.54. The minimum atomic E-state index is -0.142. The number of urea groups is 1. The average molecular weight is 342 g/mol. The van der Waals surface area contributed by atoms with Gasteiger partial charge in [-0.3, -0.25) is 4.68 Å². The molecule has 2 heterocycles. The van der Waals surface area contributed by atoms with E-state index in [1.807, 2.05) is 29.1 Å². The number of aromatic nitrogens is 2. The molecule has 4 rings (SSSR count). The minimum absolute atomic E-state index is 0.142. The molecule has 1 aliphatic heterocycles. The van der Waals surface area contributed by atoms with Crippen LogP contribution in [0.25, 0.3) is 10.9 Å². The topological polar surface area (TPSA) is 68.2 Å². The Morgan fingerprint density at radius 3 is 2.92 bits per heavy atom. The summed E-state index contributed by atoms with van der Waals surface area (Å²) in [6, 6.07) is 6.19. The second kappa shape index (κ2) is 6.67. The van der Waals surface area contributed by atoms with E-state index >= 15 is 0 Å². The molecule has 6 heteroatoms. The lowest BCUT2D eigenvalue weighted by molar-refractivity contribution is -0.00889. The van der Waals surface area contributed by atoms with Gasteiger partial charge in [-0.1, -0.05) is 0 Å². The molecule has 2 aromatic rings. The third kappa shape index (κ3) is 3.79. The molecule has 25 heavy (non-hydrogen) atoms. The minimum Gasteiger partial charge on any atom is -0.378 e. The fraction of sp³-hybridized carbons (Fsp3) is 0.579. The van der Waals surface area contributed by atoms with Gasteiger partial charge < -0.3 is 15.4 Å². The lowest BCUT2D eigenvalue weighted by atomic mass is 10.0. The van der Waals surface area contributed by atoms with Crippen LogP contribution in [0.5, 0.6) is 0 Å². The number of anilines is 1. The fourth-order valence-electron chi connectivity index (χ4n) is 3.50. The standard InChI is InChI=1S/C19H26N4O2/c1-12(2)23-11-14-9-15(5-6-17(14)22-23)20-19(24)21-16-7-8-25-18(10-16)13-3-4-13/h5-6,9,11-13,16,18H,3-4,7-8,10H2,1-2H3,(H2,20,21,24)/t16-,18+/m1/s1. The zero-order valence-electron chi connectivity index (χ0n) is 14.9. The molecular formula is C19H26N4O2. The molecule has 2 amide bonds. The maximum atomic E-state index is 12.3. The van der Waals surface area contributed by atoms with Gasteiger partial charge in [0.15, 0.2) is 0 Å². The Labute approximate surface area is 147 Å². The predicted octanol–water partition coefficient (Wildman–Crippen LogP) is 3.70. The smallest absolute Gasteiger partial charge is 0.319 e. The van der Waals surface area contributed by atoms with Gasteiger partial charge in [0.05, 0.1) is 11.6 Å². The van der Waals surface area contributed by atoms with Crippen LogP contribution in [0.15, 0.2) is 24.4 Å². The summed E-state index contributed by atoms with van der Waals surface area (Å²) in [6.45, 7) is 4.94. The Balaban J connectivity index is 1.37. The zero-order valence-corrected chi connectivity index (χ0v) is 14.9. The molecule has 1 aromatic carbocycles. The lowest BCUT2D eigenvalue weighted by Crippen LogP contribution is -2.44. The Bertz CT molecular complexity index is 766. The van der Waals surface area contributed by atoms with Gasteiger partial charge in [0, 0.05) is 36.0 Å². The van der Waals surface area contributed by atoms with Crippen LogP contribution in [0, 0.1) is 5.92 Å². The Hall–Kier alpha value is -2.08. The number of benzene rings is 1. The first kappa shape index (κ1) is 16.4. The Morgan fingerprint density at radius 1 is 1.32 bits per heavy atom. The summed E-state index contributed by atoms with van der Waals surface area (Å²) in [7, 11) is 0. The van der Waals surface area contributed by atoms with Crippen molar-refractivity contribution in [3.8, 4) is 0 Å². The van der Waals surface area contributed by atoms with Gasteiger partial charge in [-0.15, -0.1) is 0 Å². The molecule has 134 valence electrons. The Morgan fingerprint density at radius 2 is 2.16 bits per heavy atom. The fourth-order valence-corrected chi connectivity index (χ4v) is 3.50. The molecule has 2 atom stereocenters. The molecule has 0 bridgehead atoms. The highest BCUT2D eigenvalue weighted by Gasteiger charge is 2.36. The van der Waals surface area contributed by atoms with Crippen LogP contribution in [0.3, 0.4) is 0 Å². The number of fused-ring (bicyclic) bond motifs is 1. The summed E-state index contributed by atoms with van der Waals surface area (Å²) in [6.07, 6.45) is 6.70. The first-order chi connectivity index (χ1) is 12.1. The van der Waals surface area contributed by atoms with Crippen molar-refractivity contribution in [3.63, 3.8) is 0 Å². The highest BCUT2D eigenvalue weighted by molar-refractivity contribution is 5.92. The van der Waals surface area contributed by atoms with Crippen LogP contribution in [-0.2, 0) is 4.74 Å². The maximum Gasteiger partial charge on any atom is 0.319 e. The van der Waals surface area contributed by atoms with E-state index in [0.29, 0.717) is 18.1 Å². The summed E-state index contributed by atoms with van der Waals surface area (Å²) in [4.78, 5) is 12.3. The molecule has 1 saturated heterocycles. The second-order valence-electron chi connectivity index (χ2n) is 7.54. The number of nitrogens with zero attached hydrogens (tertiary/aromatic N) is 2. The van der Waals surface area contributed by atoms with Crippen LogP contribution in [-0.4, -0.2) is 34.6 Å². The van der Waals surface area contributed by atoms with Crippen molar-refractivity contribution < 1.29 is 9.53 Å². The first-order valence-corrected chi connectivity index (χ1v) is 9.26. The highest BCUT2D eigenvalue weighted by Crippen LogP contribution is 2.38. The van der Waals surface area contributed by atoms with Gasteiger partial charge in [0.25, 0.3) is 0 Å². The van der Waals surface area contributed by atoms with E-state index in [2.05, 4.69) is 29.6 Å².